The van der Waals surface area contributed by atoms with E-state index >= 15 is 0 Å². The van der Waals surface area contributed by atoms with Crippen molar-refractivity contribution in [2.75, 3.05) is 24.7 Å². The zero-order valence-corrected chi connectivity index (χ0v) is 12.2. The Balaban J connectivity index is 0. The average molecular weight is 301 g/mol. The van der Waals surface area contributed by atoms with E-state index in [9.17, 15) is 9.59 Å². The van der Waals surface area contributed by atoms with Crippen LogP contribution in [0.25, 0.3) is 0 Å². The summed E-state index contributed by atoms with van der Waals surface area (Å²) in [6, 6.07) is -1.37. The molecule has 0 bridgehead atoms. The van der Waals surface area contributed by atoms with Gasteiger partial charge in [0.25, 0.3) is 0 Å². The fraction of sp³-hybridized carbons (Fsp3) is 0.800. The van der Waals surface area contributed by atoms with Crippen LogP contribution in [0.3, 0.4) is 0 Å². The van der Waals surface area contributed by atoms with Crippen LogP contribution < -0.4 is 11.5 Å². The number of nitrogens with two attached hydrogens (primary N) is 2. The third kappa shape index (κ3) is 8.57. The zero-order valence-electron chi connectivity index (χ0n) is 10.6. The number of carbonyl (C=O) groups is 2. The van der Waals surface area contributed by atoms with Gasteiger partial charge in [-0.25, -0.2) is 0 Å². The van der Waals surface area contributed by atoms with Crippen LogP contribution in [0.5, 0.6) is 0 Å². The Morgan fingerprint density at radius 1 is 1.00 bits per heavy atom. The van der Waals surface area contributed by atoms with Crippen LogP contribution in [-0.2, 0) is 19.1 Å². The number of thioether (sulfide) groups is 1. The Bertz CT molecular complexity index is 232. The molecule has 6 nitrogen and oxygen atoms in total. The van der Waals surface area contributed by atoms with Crippen LogP contribution in [0.15, 0.2) is 0 Å². The molecule has 0 unspecified atom stereocenters. The second kappa shape index (κ2) is 11.6. The first-order valence-corrected chi connectivity index (χ1v) is 6.60. The molecule has 0 saturated heterocycles. The lowest BCUT2D eigenvalue weighted by atomic mass is 10.4. The summed E-state index contributed by atoms with van der Waals surface area (Å²) in [4.78, 5) is 22.3. The molecule has 0 radical (unpaired) electrons. The van der Waals surface area contributed by atoms with Gasteiger partial charge < -0.3 is 20.9 Å². The van der Waals surface area contributed by atoms with Crippen LogP contribution in [0.1, 0.15) is 13.8 Å². The first-order valence-electron chi connectivity index (χ1n) is 5.45. The highest BCUT2D eigenvalue weighted by molar-refractivity contribution is 7.99. The van der Waals surface area contributed by atoms with Crippen molar-refractivity contribution < 1.29 is 19.1 Å². The lowest BCUT2D eigenvalue weighted by molar-refractivity contribution is -0.144. The number of halogens is 1. The molecule has 0 heterocycles. The molecule has 0 aliphatic rings. The van der Waals surface area contributed by atoms with Gasteiger partial charge in [0.2, 0.25) is 0 Å². The molecule has 2 atom stereocenters. The molecule has 0 rings (SSSR count). The summed E-state index contributed by atoms with van der Waals surface area (Å²) in [6.07, 6.45) is 0. The molecular weight excluding hydrogens is 280 g/mol. The van der Waals surface area contributed by atoms with Crippen molar-refractivity contribution in [1.82, 2.24) is 0 Å². The molecule has 4 N–H and O–H groups in total. The van der Waals surface area contributed by atoms with E-state index in [0.717, 1.165) is 0 Å². The van der Waals surface area contributed by atoms with Crippen molar-refractivity contribution in [3.63, 3.8) is 0 Å². The van der Waals surface area contributed by atoms with Crippen molar-refractivity contribution in [1.29, 1.82) is 0 Å². The second-order valence-corrected chi connectivity index (χ2v) is 4.33. The SMILES string of the molecule is CCOC(=O)[C@@H](N)CSC[C@H](N)C(=O)OCC.Cl. The van der Waals surface area contributed by atoms with Gasteiger partial charge in [-0.3, -0.25) is 9.59 Å². The van der Waals surface area contributed by atoms with Crippen molar-refractivity contribution >= 4 is 36.1 Å². The largest absolute Gasteiger partial charge is 0.465 e. The van der Waals surface area contributed by atoms with E-state index in [1.807, 2.05) is 0 Å². The molecule has 0 aromatic heterocycles. The van der Waals surface area contributed by atoms with E-state index in [1.54, 1.807) is 13.8 Å². The highest BCUT2D eigenvalue weighted by atomic mass is 35.5. The van der Waals surface area contributed by atoms with Crippen LogP contribution in [-0.4, -0.2) is 48.7 Å². The lowest BCUT2D eigenvalue weighted by Gasteiger charge is -2.12. The summed E-state index contributed by atoms with van der Waals surface area (Å²) < 4.78 is 9.49. The van der Waals surface area contributed by atoms with Gasteiger partial charge in [0.15, 0.2) is 0 Å². The maximum Gasteiger partial charge on any atom is 0.323 e. The molecule has 0 aliphatic carbocycles. The Morgan fingerprint density at radius 2 is 1.33 bits per heavy atom. The van der Waals surface area contributed by atoms with Crippen molar-refractivity contribution in [2.45, 2.75) is 25.9 Å². The third-order valence-corrected chi connectivity index (χ3v) is 2.96. The number of hydrogen-bond acceptors (Lipinski definition) is 7. The molecule has 0 aromatic rings. The number of rotatable bonds is 8. The minimum atomic E-state index is -0.686. The molecule has 18 heavy (non-hydrogen) atoms. The Kier molecular flexibility index (Phi) is 12.8. The van der Waals surface area contributed by atoms with E-state index in [0.29, 0.717) is 24.7 Å². The van der Waals surface area contributed by atoms with E-state index in [2.05, 4.69) is 0 Å². The van der Waals surface area contributed by atoms with E-state index in [4.69, 9.17) is 20.9 Å². The maximum atomic E-state index is 11.2. The molecule has 0 aromatic carbocycles. The Labute approximate surface area is 118 Å². The van der Waals surface area contributed by atoms with Crippen LogP contribution in [0.2, 0.25) is 0 Å². The quantitative estimate of drug-likeness (QED) is 0.604. The van der Waals surface area contributed by atoms with Gasteiger partial charge in [-0.05, 0) is 13.8 Å². The topological polar surface area (TPSA) is 105 Å². The minimum absolute atomic E-state index is 0. The fourth-order valence-corrected chi connectivity index (χ4v) is 1.87. The standard InChI is InChI=1S/C10H20N2O4S.ClH/c1-3-15-9(13)7(11)5-17-6-8(12)10(14)16-4-2;/h7-8H,3-6,11-12H2,1-2H3;1H/t7-,8-;/m0./s1. The van der Waals surface area contributed by atoms with Gasteiger partial charge in [0.05, 0.1) is 13.2 Å². The lowest BCUT2D eigenvalue weighted by Crippen LogP contribution is -2.37. The number of ether oxygens (including phenoxy) is 2. The summed E-state index contributed by atoms with van der Waals surface area (Å²) >= 11 is 1.33. The summed E-state index contributed by atoms with van der Waals surface area (Å²) in [7, 11) is 0. The van der Waals surface area contributed by atoms with Crippen LogP contribution >= 0.6 is 24.2 Å². The fourth-order valence-electron chi connectivity index (χ4n) is 0.957. The van der Waals surface area contributed by atoms with Gasteiger partial charge in [0.1, 0.15) is 12.1 Å². The first kappa shape index (κ1) is 19.8. The van der Waals surface area contributed by atoms with Crippen LogP contribution in [0.4, 0.5) is 0 Å². The van der Waals surface area contributed by atoms with E-state index < -0.39 is 24.0 Å². The summed E-state index contributed by atoms with van der Waals surface area (Å²) in [6.45, 7) is 4.04. The molecule has 0 aliphatic heterocycles. The highest BCUT2D eigenvalue weighted by Crippen LogP contribution is 2.05. The third-order valence-electron chi connectivity index (χ3n) is 1.77. The zero-order chi connectivity index (χ0) is 13.3. The van der Waals surface area contributed by atoms with E-state index in [1.165, 1.54) is 11.8 Å². The van der Waals surface area contributed by atoms with Gasteiger partial charge in [0, 0.05) is 11.5 Å². The predicted molar refractivity (Wildman–Crippen MR) is 73.8 cm³/mol. The monoisotopic (exact) mass is 300 g/mol. The maximum absolute atomic E-state index is 11.2. The minimum Gasteiger partial charge on any atom is -0.465 e. The Morgan fingerprint density at radius 3 is 1.61 bits per heavy atom. The summed E-state index contributed by atoms with van der Waals surface area (Å²) in [5, 5.41) is 0. The number of hydrogen-bond donors (Lipinski definition) is 2. The van der Waals surface area contributed by atoms with Gasteiger partial charge in [-0.1, -0.05) is 0 Å². The highest BCUT2D eigenvalue weighted by Gasteiger charge is 2.18. The van der Waals surface area contributed by atoms with Crippen molar-refractivity contribution in [3.8, 4) is 0 Å². The normalized spacial score (nSPS) is 13.1. The van der Waals surface area contributed by atoms with Crippen molar-refractivity contribution in [3.05, 3.63) is 0 Å². The van der Waals surface area contributed by atoms with E-state index in [-0.39, 0.29) is 12.4 Å². The van der Waals surface area contributed by atoms with Crippen molar-refractivity contribution in [2.24, 2.45) is 11.5 Å². The average Bonchev–Trinajstić information content (AvgIpc) is 2.29. The molecule has 108 valence electrons. The smallest absolute Gasteiger partial charge is 0.323 e. The molecule has 0 amide bonds. The first-order chi connectivity index (χ1) is 8.02. The molecule has 8 heteroatoms. The van der Waals surface area contributed by atoms with Gasteiger partial charge in [-0.15, -0.1) is 12.4 Å². The van der Waals surface area contributed by atoms with Gasteiger partial charge in [-0.2, -0.15) is 11.8 Å². The number of esters is 2. The molecule has 0 spiro atoms. The summed E-state index contributed by atoms with van der Waals surface area (Å²) in [5.74, 6) is -0.146. The van der Waals surface area contributed by atoms with Gasteiger partial charge >= 0.3 is 11.9 Å². The molecule has 0 fully saturated rings. The predicted octanol–water partition coefficient (Wildman–Crippen LogP) is -0.0778. The van der Waals surface area contributed by atoms with Crippen LogP contribution in [0, 0.1) is 0 Å². The molecule has 0 saturated carbocycles. The summed E-state index contributed by atoms with van der Waals surface area (Å²) in [5.41, 5.74) is 11.1. The number of carbonyl (C=O) groups excluding carboxylic acids is 2. The Hall–Kier alpha value is -0.500. The molecular formula is C10H21ClN2O4S. The second-order valence-electron chi connectivity index (χ2n) is 3.25.